The molecule has 0 aliphatic heterocycles. The van der Waals surface area contributed by atoms with Crippen molar-refractivity contribution in [3.63, 3.8) is 0 Å². The van der Waals surface area contributed by atoms with Crippen molar-refractivity contribution < 1.29 is 9.59 Å². The van der Waals surface area contributed by atoms with Gasteiger partial charge in [0.25, 0.3) is 0 Å². The molecule has 0 atom stereocenters. The van der Waals surface area contributed by atoms with E-state index in [0.717, 1.165) is 73.5 Å². The number of carbonyl (C=O) groups is 2. The van der Waals surface area contributed by atoms with E-state index in [2.05, 4.69) is 149 Å². The van der Waals surface area contributed by atoms with E-state index in [1.165, 1.54) is 82.7 Å². The second kappa shape index (κ2) is 11.1. The summed E-state index contributed by atoms with van der Waals surface area (Å²) in [5.41, 5.74) is 17.1. The first-order valence-electron chi connectivity index (χ1n) is 23.7. The molecule has 0 N–H and O–H groups in total. The highest BCUT2D eigenvalue weighted by Gasteiger charge is 2.56. The van der Waals surface area contributed by atoms with Crippen LogP contribution in [0.15, 0.2) is 103 Å². The molecule has 0 amide bonds. The lowest BCUT2D eigenvalue weighted by Gasteiger charge is -2.44. The third kappa shape index (κ3) is 3.76. The fraction of sp³-hybridized carbons (Fsp3) is 0.356. The summed E-state index contributed by atoms with van der Waals surface area (Å²) >= 11 is 0. The molecule has 2 fully saturated rings. The predicted molar refractivity (Wildman–Crippen MR) is 252 cm³/mol. The summed E-state index contributed by atoms with van der Waals surface area (Å²) in [5, 5.41) is 5.03. The number of Topliss-reactive ketones (excluding diaryl/α,β-unsaturated/α-hetero) is 2. The molecule has 3 nitrogen and oxygen atoms in total. The van der Waals surface area contributed by atoms with Gasteiger partial charge in [0.1, 0.15) is 0 Å². The van der Waals surface area contributed by atoms with Gasteiger partial charge in [0.15, 0.2) is 11.6 Å². The van der Waals surface area contributed by atoms with Gasteiger partial charge in [-0.3, -0.25) is 9.59 Å². The van der Waals surface area contributed by atoms with E-state index < -0.39 is 5.41 Å². The van der Waals surface area contributed by atoms with Crippen LogP contribution < -0.4 is 0 Å². The Labute approximate surface area is 363 Å². The van der Waals surface area contributed by atoms with Crippen LogP contribution in [0.25, 0.3) is 60.3 Å². The molecule has 0 unspecified atom stereocenters. The van der Waals surface area contributed by atoms with Crippen molar-refractivity contribution in [1.82, 2.24) is 4.40 Å². The first kappa shape index (κ1) is 36.0. The van der Waals surface area contributed by atoms with Crippen LogP contribution in [0.2, 0.25) is 0 Å². The Morgan fingerprint density at radius 3 is 1.34 bits per heavy atom. The van der Waals surface area contributed by atoms with Crippen LogP contribution in [0.5, 0.6) is 0 Å². The Hall–Kier alpha value is -5.54. The van der Waals surface area contributed by atoms with E-state index in [-0.39, 0.29) is 21.7 Å². The topological polar surface area (TPSA) is 38.5 Å². The van der Waals surface area contributed by atoms with Gasteiger partial charge in [-0.15, -0.1) is 0 Å². The zero-order valence-corrected chi connectivity index (χ0v) is 36.9. The molecule has 0 radical (unpaired) electrons. The van der Waals surface area contributed by atoms with Gasteiger partial charge in [-0.2, -0.15) is 0 Å². The molecule has 2 aromatic heterocycles. The maximum Gasteiger partial charge on any atom is 0.169 e. The molecule has 6 aromatic carbocycles. The minimum Gasteiger partial charge on any atom is -0.308 e. The molecule has 3 heteroatoms. The van der Waals surface area contributed by atoms with Gasteiger partial charge in [0.05, 0.1) is 22.0 Å². The maximum absolute atomic E-state index is 15.1. The van der Waals surface area contributed by atoms with Crippen LogP contribution in [0.1, 0.15) is 147 Å². The Morgan fingerprint density at radius 1 is 0.452 bits per heavy atom. The summed E-state index contributed by atoms with van der Waals surface area (Å²) in [6.45, 7) is 14.0. The van der Waals surface area contributed by atoms with Gasteiger partial charge >= 0.3 is 0 Å². The number of aromatic nitrogens is 1. The highest BCUT2D eigenvalue weighted by molar-refractivity contribution is 6.29. The first-order chi connectivity index (χ1) is 29.9. The van der Waals surface area contributed by atoms with Crippen molar-refractivity contribution in [3.05, 3.63) is 148 Å². The van der Waals surface area contributed by atoms with Crippen molar-refractivity contribution in [2.45, 2.75) is 109 Å². The molecule has 16 rings (SSSR count). The van der Waals surface area contributed by atoms with Crippen molar-refractivity contribution in [2.75, 3.05) is 0 Å². The number of carbonyl (C=O) groups excluding carboxylic acids is 2. The summed E-state index contributed by atoms with van der Waals surface area (Å²) in [6.07, 6.45) is 7.92. The summed E-state index contributed by atoms with van der Waals surface area (Å²) in [5.74, 6) is 1.45. The Kier molecular flexibility index (Phi) is 6.47. The Bertz CT molecular complexity index is 3340. The molecular formula is C59H53NO2. The predicted octanol–water partition coefficient (Wildman–Crippen LogP) is 14.5. The number of rotatable bonds is 2. The van der Waals surface area contributed by atoms with Crippen LogP contribution in [0.4, 0.5) is 0 Å². The average Bonchev–Trinajstić information content (AvgIpc) is 3.92. The third-order valence-corrected chi connectivity index (χ3v) is 19.1. The summed E-state index contributed by atoms with van der Waals surface area (Å²) in [4.78, 5) is 30.2. The van der Waals surface area contributed by atoms with Gasteiger partial charge in [0, 0.05) is 43.5 Å². The number of nitrogens with zero attached hydrogens (tertiary/aromatic N) is 1. The molecule has 8 aliphatic rings. The van der Waals surface area contributed by atoms with E-state index in [1.807, 2.05) is 0 Å². The van der Waals surface area contributed by atoms with E-state index in [1.54, 1.807) is 0 Å². The standard InChI is InChI=1S/C59H53NO2/c1-32(2)57-23-19-55(5,20-24-57)53(61)40-30-48-37(28-46(40)57)39-27-38-36-15-9-12-18-45(36)59(43-16-10-7-13-34(43)35-14-8-11-17-44(35)59)51(38)50-42-29-47-41(31-49(42)60(48)52(39)50)54(62)56(6)21-25-58(47,26-22-56)33(3)4/h7-18,27-33H,19-26H2,1-6H3. The van der Waals surface area contributed by atoms with E-state index >= 15 is 9.59 Å². The molecule has 1 spiro atoms. The fourth-order valence-corrected chi connectivity index (χ4v) is 15.4. The molecular weight excluding hydrogens is 755 g/mol. The zero-order chi connectivity index (χ0) is 42.0. The molecule has 2 heterocycles. The highest BCUT2D eigenvalue weighted by atomic mass is 16.1. The molecule has 2 saturated carbocycles. The molecule has 0 saturated heterocycles. The summed E-state index contributed by atoms with van der Waals surface area (Å²) in [6, 6.07) is 39.7. The van der Waals surface area contributed by atoms with E-state index in [9.17, 15) is 0 Å². The minimum absolute atomic E-state index is 0.0389. The van der Waals surface area contributed by atoms with Gasteiger partial charge < -0.3 is 4.40 Å². The monoisotopic (exact) mass is 807 g/mol. The average molecular weight is 808 g/mol. The maximum atomic E-state index is 15.1. The molecule has 8 aromatic rings. The van der Waals surface area contributed by atoms with Crippen molar-refractivity contribution in [2.24, 2.45) is 22.7 Å². The number of hydrogen-bond acceptors (Lipinski definition) is 2. The normalized spacial score (nSPS) is 27.4. The third-order valence-electron chi connectivity index (χ3n) is 19.1. The lowest BCUT2D eigenvalue weighted by atomic mass is 9.60. The zero-order valence-electron chi connectivity index (χ0n) is 36.9. The van der Waals surface area contributed by atoms with Crippen LogP contribution in [0, 0.1) is 22.7 Å². The van der Waals surface area contributed by atoms with Gasteiger partial charge in [-0.25, -0.2) is 0 Å². The van der Waals surface area contributed by atoms with Crippen LogP contribution in [-0.2, 0) is 16.2 Å². The van der Waals surface area contributed by atoms with Crippen LogP contribution in [-0.4, -0.2) is 16.0 Å². The largest absolute Gasteiger partial charge is 0.308 e. The first-order valence-corrected chi connectivity index (χ1v) is 23.7. The lowest BCUT2D eigenvalue weighted by molar-refractivity contribution is 0.0683. The number of hydrogen-bond donors (Lipinski definition) is 0. The number of fused-ring (bicyclic) bond motifs is 21. The van der Waals surface area contributed by atoms with Crippen LogP contribution in [0.3, 0.4) is 0 Å². The minimum atomic E-state index is -0.529. The molecule has 8 aliphatic carbocycles. The molecule has 4 bridgehead atoms. The van der Waals surface area contributed by atoms with Gasteiger partial charge in [0.2, 0.25) is 0 Å². The second-order valence-corrected chi connectivity index (χ2v) is 22.0. The smallest absolute Gasteiger partial charge is 0.169 e. The molecule has 62 heavy (non-hydrogen) atoms. The van der Waals surface area contributed by atoms with Crippen molar-refractivity contribution in [1.29, 1.82) is 0 Å². The summed E-state index contributed by atoms with van der Waals surface area (Å²) in [7, 11) is 0. The van der Waals surface area contributed by atoms with Crippen molar-refractivity contribution in [3.8, 4) is 22.3 Å². The lowest BCUT2D eigenvalue weighted by Crippen LogP contribution is -2.38. The Morgan fingerprint density at radius 2 is 0.871 bits per heavy atom. The fourth-order valence-electron chi connectivity index (χ4n) is 15.4. The van der Waals surface area contributed by atoms with Crippen LogP contribution >= 0.6 is 0 Å². The number of benzene rings is 6. The quantitative estimate of drug-likeness (QED) is 0.174. The SMILES string of the molecule is CC(C)C12CCC(C)(CC1)C(=O)c1cc3c(cc12)c1cc2c(c4c5cc6c(cc5n3c14)C(=O)C1(C)CCC6(C(C)C)CC1)C1(c3ccccc3-c3ccccc31)c1ccccc1-2. The number of ketones is 2. The van der Waals surface area contributed by atoms with Gasteiger partial charge in [-0.1, -0.05) is 114 Å². The van der Waals surface area contributed by atoms with E-state index in [0.29, 0.717) is 23.4 Å². The molecule has 306 valence electrons. The second-order valence-electron chi connectivity index (χ2n) is 22.0. The summed E-state index contributed by atoms with van der Waals surface area (Å²) < 4.78 is 2.52. The Balaban J connectivity index is 1.23. The van der Waals surface area contributed by atoms with E-state index in [4.69, 9.17) is 0 Å². The highest BCUT2D eigenvalue weighted by Crippen LogP contribution is 2.67. The van der Waals surface area contributed by atoms with Crippen molar-refractivity contribution >= 4 is 49.7 Å². The van der Waals surface area contributed by atoms with Gasteiger partial charge in [-0.05, 0) is 160 Å².